The number of rotatable bonds is 0. The number of piperidine rings is 1. The molecule has 1 fully saturated rings. The van der Waals surface area contributed by atoms with Gasteiger partial charge >= 0.3 is 0 Å². The van der Waals surface area contributed by atoms with Crippen molar-refractivity contribution in [3.63, 3.8) is 0 Å². The highest BCUT2D eigenvalue weighted by molar-refractivity contribution is 4.92. The van der Waals surface area contributed by atoms with Crippen molar-refractivity contribution in [1.82, 2.24) is 5.32 Å². The minimum atomic E-state index is 0.238. The van der Waals surface area contributed by atoms with Crippen LogP contribution in [0.25, 0.3) is 0 Å². The molecule has 0 aliphatic carbocycles. The lowest BCUT2D eigenvalue weighted by Gasteiger charge is -2.40. The molecule has 1 aliphatic heterocycles. The molecular formula is C9H18N. The topological polar surface area (TPSA) is 14.1 Å². The maximum Gasteiger partial charge on any atom is 0.0306 e. The summed E-state index contributed by atoms with van der Waals surface area (Å²) in [7, 11) is 0. The molecule has 0 amide bonds. The maximum atomic E-state index is 4.75. The fourth-order valence-corrected chi connectivity index (χ4v) is 1.88. The van der Waals surface area contributed by atoms with Gasteiger partial charge in [0.1, 0.15) is 0 Å². The minimum Gasteiger partial charge on any atom is -0.230 e. The summed E-state index contributed by atoms with van der Waals surface area (Å²) >= 11 is 0. The van der Waals surface area contributed by atoms with Crippen LogP contribution in [0.1, 0.15) is 47.0 Å². The zero-order chi connectivity index (χ0) is 7.83. The van der Waals surface area contributed by atoms with Crippen LogP contribution in [0.2, 0.25) is 0 Å². The fraction of sp³-hybridized carbons (Fsp3) is 1.00. The van der Waals surface area contributed by atoms with Crippen LogP contribution in [0.15, 0.2) is 0 Å². The van der Waals surface area contributed by atoms with Gasteiger partial charge in [0.25, 0.3) is 0 Å². The Morgan fingerprint density at radius 1 is 0.900 bits per heavy atom. The molecular weight excluding hydrogens is 122 g/mol. The molecule has 0 unspecified atom stereocenters. The van der Waals surface area contributed by atoms with Crippen molar-refractivity contribution in [2.24, 2.45) is 0 Å². The average Bonchev–Trinajstić information content (AvgIpc) is 1.56. The van der Waals surface area contributed by atoms with Gasteiger partial charge in [0.2, 0.25) is 0 Å². The summed E-state index contributed by atoms with van der Waals surface area (Å²) in [5.74, 6) is 0. The predicted octanol–water partition coefficient (Wildman–Crippen LogP) is 2.33. The van der Waals surface area contributed by atoms with Crippen molar-refractivity contribution in [3.05, 3.63) is 0 Å². The summed E-state index contributed by atoms with van der Waals surface area (Å²) in [6.45, 7) is 8.92. The minimum absolute atomic E-state index is 0.238. The predicted molar refractivity (Wildman–Crippen MR) is 44.1 cm³/mol. The van der Waals surface area contributed by atoms with Gasteiger partial charge in [0.05, 0.1) is 0 Å². The van der Waals surface area contributed by atoms with Crippen molar-refractivity contribution < 1.29 is 0 Å². The molecule has 1 saturated heterocycles. The third kappa shape index (κ3) is 1.98. The van der Waals surface area contributed by atoms with Crippen molar-refractivity contribution in [2.45, 2.75) is 58.0 Å². The van der Waals surface area contributed by atoms with Crippen LogP contribution < -0.4 is 5.32 Å². The lowest BCUT2D eigenvalue weighted by atomic mass is 9.83. The van der Waals surface area contributed by atoms with E-state index in [1.165, 1.54) is 19.3 Å². The molecule has 1 radical (unpaired) electrons. The summed E-state index contributed by atoms with van der Waals surface area (Å²) in [5, 5.41) is 4.75. The molecule has 1 rings (SSSR count). The monoisotopic (exact) mass is 140 g/mol. The molecule has 0 aromatic carbocycles. The van der Waals surface area contributed by atoms with E-state index in [2.05, 4.69) is 27.7 Å². The fourth-order valence-electron chi connectivity index (χ4n) is 1.88. The Balaban J connectivity index is 2.56. The SMILES string of the molecule is CC1(C)CCCC(C)(C)[N]1. The molecule has 0 bridgehead atoms. The summed E-state index contributed by atoms with van der Waals surface area (Å²) in [6, 6.07) is 0. The Hall–Kier alpha value is -0.0400. The Labute approximate surface area is 64.2 Å². The van der Waals surface area contributed by atoms with Crippen LogP contribution in [-0.2, 0) is 0 Å². The maximum absolute atomic E-state index is 4.75. The van der Waals surface area contributed by atoms with Crippen LogP contribution in [0, 0.1) is 0 Å². The zero-order valence-electron chi connectivity index (χ0n) is 7.57. The van der Waals surface area contributed by atoms with E-state index in [1.54, 1.807) is 0 Å². The smallest absolute Gasteiger partial charge is 0.0306 e. The highest BCUT2D eigenvalue weighted by atomic mass is 15.0. The molecule has 1 heteroatoms. The summed E-state index contributed by atoms with van der Waals surface area (Å²) in [5.41, 5.74) is 0.476. The van der Waals surface area contributed by atoms with E-state index >= 15 is 0 Å². The van der Waals surface area contributed by atoms with Gasteiger partial charge in [0.15, 0.2) is 0 Å². The second kappa shape index (κ2) is 2.23. The van der Waals surface area contributed by atoms with Crippen LogP contribution in [0.3, 0.4) is 0 Å². The second-order valence-corrected chi connectivity index (χ2v) is 4.59. The van der Waals surface area contributed by atoms with E-state index < -0.39 is 0 Å². The second-order valence-electron chi connectivity index (χ2n) is 4.59. The van der Waals surface area contributed by atoms with E-state index in [0.717, 1.165) is 0 Å². The van der Waals surface area contributed by atoms with Crippen molar-refractivity contribution in [2.75, 3.05) is 0 Å². The third-order valence-corrected chi connectivity index (χ3v) is 2.18. The molecule has 0 N–H and O–H groups in total. The van der Waals surface area contributed by atoms with Crippen molar-refractivity contribution in [1.29, 1.82) is 0 Å². The van der Waals surface area contributed by atoms with Crippen molar-refractivity contribution >= 4 is 0 Å². The lowest BCUT2D eigenvalue weighted by molar-refractivity contribution is 0.175. The summed E-state index contributed by atoms with van der Waals surface area (Å²) < 4.78 is 0. The van der Waals surface area contributed by atoms with Gasteiger partial charge in [-0.1, -0.05) is 0 Å². The first kappa shape index (κ1) is 8.06. The normalized spacial score (nSPS) is 30.0. The summed E-state index contributed by atoms with van der Waals surface area (Å²) in [4.78, 5) is 0. The van der Waals surface area contributed by atoms with Gasteiger partial charge in [-0.25, -0.2) is 5.32 Å². The van der Waals surface area contributed by atoms with Gasteiger partial charge < -0.3 is 0 Å². The molecule has 0 aromatic rings. The first-order chi connectivity index (χ1) is 4.41. The van der Waals surface area contributed by atoms with Crippen molar-refractivity contribution in [3.8, 4) is 0 Å². The third-order valence-electron chi connectivity index (χ3n) is 2.18. The Morgan fingerprint density at radius 2 is 1.30 bits per heavy atom. The van der Waals surface area contributed by atoms with Crippen LogP contribution in [-0.4, -0.2) is 11.1 Å². The molecule has 1 aliphatic rings. The number of nitrogens with zero attached hydrogens (tertiary/aromatic N) is 1. The lowest BCUT2D eigenvalue weighted by Crippen LogP contribution is -2.49. The van der Waals surface area contributed by atoms with E-state index in [4.69, 9.17) is 5.32 Å². The highest BCUT2D eigenvalue weighted by Gasteiger charge is 2.33. The van der Waals surface area contributed by atoms with Crippen LogP contribution in [0.4, 0.5) is 0 Å². The molecule has 0 atom stereocenters. The molecule has 1 heterocycles. The first-order valence-corrected chi connectivity index (χ1v) is 4.15. The van der Waals surface area contributed by atoms with Gasteiger partial charge in [-0.15, -0.1) is 0 Å². The summed E-state index contributed by atoms with van der Waals surface area (Å²) in [6.07, 6.45) is 3.86. The average molecular weight is 140 g/mol. The van der Waals surface area contributed by atoms with Gasteiger partial charge in [0, 0.05) is 11.1 Å². The molecule has 0 aromatic heterocycles. The Kier molecular flexibility index (Phi) is 1.80. The molecule has 0 saturated carbocycles. The van der Waals surface area contributed by atoms with Crippen LogP contribution in [0.5, 0.6) is 0 Å². The molecule has 10 heavy (non-hydrogen) atoms. The highest BCUT2D eigenvalue weighted by Crippen LogP contribution is 2.29. The van der Waals surface area contributed by atoms with Gasteiger partial charge in [-0.3, -0.25) is 0 Å². The largest absolute Gasteiger partial charge is 0.230 e. The zero-order valence-corrected chi connectivity index (χ0v) is 7.57. The van der Waals surface area contributed by atoms with E-state index in [-0.39, 0.29) is 11.1 Å². The Bertz CT molecular complexity index is 111. The molecule has 1 nitrogen and oxygen atoms in total. The van der Waals surface area contributed by atoms with Gasteiger partial charge in [-0.05, 0) is 47.0 Å². The van der Waals surface area contributed by atoms with E-state index in [1.807, 2.05) is 0 Å². The number of hydrogen-bond donors (Lipinski definition) is 0. The van der Waals surface area contributed by atoms with E-state index in [0.29, 0.717) is 0 Å². The van der Waals surface area contributed by atoms with E-state index in [9.17, 15) is 0 Å². The van der Waals surface area contributed by atoms with Gasteiger partial charge in [-0.2, -0.15) is 0 Å². The van der Waals surface area contributed by atoms with Crippen LogP contribution >= 0.6 is 0 Å². The standard InChI is InChI=1S/C9H18N/c1-8(2)6-5-7-9(3,4)10-8/h5-7H2,1-4H3. The molecule has 0 spiro atoms. The molecule has 59 valence electrons. The first-order valence-electron chi connectivity index (χ1n) is 4.15. The quantitative estimate of drug-likeness (QED) is 0.490. The number of hydrogen-bond acceptors (Lipinski definition) is 0. The Morgan fingerprint density at radius 3 is 1.50 bits per heavy atom.